The van der Waals surface area contributed by atoms with Crippen LogP contribution in [0, 0.1) is 0 Å². The molecular weight excluding hydrogens is 364 g/mol. The Bertz CT molecular complexity index is 952. The van der Waals surface area contributed by atoms with E-state index < -0.39 is 6.10 Å². The fraction of sp³-hybridized carbons (Fsp3) is 0.167. The molecule has 2 amide bonds. The lowest BCUT2D eigenvalue weighted by Gasteiger charge is -2.15. The summed E-state index contributed by atoms with van der Waals surface area (Å²) in [7, 11) is 1.59. The Labute approximate surface area is 170 Å². The minimum Gasteiger partial charge on any atom is -0.481 e. The highest BCUT2D eigenvalue weighted by atomic mass is 16.5. The quantitative estimate of drug-likeness (QED) is 0.647. The topological polar surface area (TPSA) is 67.4 Å². The lowest BCUT2D eigenvalue weighted by molar-refractivity contribution is -0.127. The Kier molecular flexibility index (Phi) is 6.63. The van der Waals surface area contributed by atoms with Crippen LogP contribution in [0.5, 0.6) is 5.75 Å². The fourth-order valence-corrected chi connectivity index (χ4v) is 2.87. The SMILES string of the molecule is CNC(=O)c1ccc(CNC(=O)C(C)Oc2ccc(-c3ccccc3)cc2)cc1. The predicted octanol–water partition coefficient (Wildman–Crippen LogP) is 3.80. The van der Waals surface area contributed by atoms with Crippen molar-refractivity contribution in [3.63, 3.8) is 0 Å². The Morgan fingerprint density at radius 3 is 2.10 bits per heavy atom. The molecule has 0 saturated heterocycles. The van der Waals surface area contributed by atoms with Crippen LogP contribution in [0.15, 0.2) is 78.9 Å². The molecule has 0 radical (unpaired) electrons. The van der Waals surface area contributed by atoms with Crippen molar-refractivity contribution in [3.05, 3.63) is 90.0 Å². The van der Waals surface area contributed by atoms with E-state index in [9.17, 15) is 9.59 Å². The number of nitrogens with one attached hydrogen (secondary N) is 2. The van der Waals surface area contributed by atoms with Gasteiger partial charge in [0.2, 0.25) is 0 Å². The van der Waals surface area contributed by atoms with Crippen molar-refractivity contribution >= 4 is 11.8 Å². The molecule has 5 heteroatoms. The Hall–Kier alpha value is -3.60. The summed E-state index contributed by atoms with van der Waals surface area (Å²) >= 11 is 0. The van der Waals surface area contributed by atoms with Crippen LogP contribution in [-0.4, -0.2) is 25.0 Å². The largest absolute Gasteiger partial charge is 0.481 e. The maximum atomic E-state index is 12.3. The van der Waals surface area contributed by atoms with Gasteiger partial charge in [0, 0.05) is 19.2 Å². The smallest absolute Gasteiger partial charge is 0.261 e. The van der Waals surface area contributed by atoms with Gasteiger partial charge in [0.25, 0.3) is 11.8 Å². The van der Waals surface area contributed by atoms with Crippen molar-refractivity contribution in [2.24, 2.45) is 0 Å². The van der Waals surface area contributed by atoms with Crippen LogP contribution < -0.4 is 15.4 Å². The molecular formula is C24H24N2O3. The van der Waals surface area contributed by atoms with Crippen molar-refractivity contribution in [2.75, 3.05) is 7.05 Å². The summed E-state index contributed by atoms with van der Waals surface area (Å²) in [5.74, 6) is 0.302. The third-order valence-corrected chi connectivity index (χ3v) is 4.55. The molecule has 3 rings (SSSR count). The first-order chi connectivity index (χ1) is 14.1. The molecule has 1 atom stereocenters. The monoisotopic (exact) mass is 388 g/mol. The van der Waals surface area contributed by atoms with E-state index in [4.69, 9.17) is 4.74 Å². The maximum absolute atomic E-state index is 12.3. The summed E-state index contributed by atoms with van der Waals surface area (Å²) in [5, 5.41) is 5.43. The molecule has 0 aliphatic heterocycles. The zero-order valence-electron chi connectivity index (χ0n) is 16.5. The molecule has 3 aromatic rings. The van der Waals surface area contributed by atoms with Gasteiger partial charge in [-0.15, -0.1) is 0 Å². The Morgan fingerprint density at radius 2 is 1.48 bits per heavy atom. The third-order valence-electron chi connectivity index (χ3n) is 4.55. The van der Waals surface area contributed by atoms with Crippen molar-refractivity contribution in [1.82, 2.24) is 10.6 Å². The molecule has 0 saturated carbocycles. The van der Waals surface area contributed by atoms with Gasteiger partial charge in [-0.1, -0.05) is 54.6 Å². The van der Waals surface area contributed by atoms with Crippen molar-refractivity contribution < 1.29 is 14.3 Å². The molecule has 3 aromatic carbocycles. The molecule has 0 aromatic heterocycles. The molecule has 1 unspecified atom stereocenters. The minimum absolute atomic E-state index is 0.138. The fourth-order valence-electron chi connectivity index (χ4n) is 2.87. The first-order valence-electron chi connectivity index (χ1n) is 9.47. The van der Waals surface area contributed by atoms with Crippen LogP contribution in [0.25, 0.3) is 11.1 Å². The summed E-state index contributed by atoms with van der Waals surface area (Å²) in [6.45, 7) is 2.09. The highest BCUT2D eigenvalue weighted by Gasteiger charge is 2.14. The molecule has 5 nitrogen and oxygen atoms in total. The van der Waals surface area contributed by atoms with E-state index >= 15 is 0 Å². The van der Waals surface area contributed by atoms with E-state index in [2.05, 4.69) is 10.6 Å². The first kappa shape index (κ1) is 20.1. The number of hydrogen-bond donors (Lipinski definition) is 2. The van der Waals surface area contributed by atoms with Gasteiger partial charge in [0.05, 0.1) is 0 Å². The van der Waals surface area contributed by atoms with E-state index in [1.54, 1.807) is 26.1 Å². The maximum Gasteiger partial charge on any atom is 0.261 e. The second kappa shape index (κ2) is 9.55. The van der Waals surface area contributed by atoms with Crippen molar-refractivity contribution in [2.45, 2.75) is 19.6 Å². The highest BCUT2D eigenvalue weighted by Crippen LogP contribution is 2.22. The van der Waals surface area contributed by atoms with Crippen LogP contribution in [-0.2, 0) is 11.3 Å². The summed E-state index contributed by atoms with van der Waals surface area (Å²) < 4.78 is 5.76. The number of benzene rings is 3. The van der Waals surface area contributed by atoms with Gasteiger partial charge in [0.15, 0.2) is 6.10 Å². The van der Waals surface area contributed by atoms with Crippen molar-refractivity contribution in [1.29, 1.82) is 0 Å². The van der Waals surface area contributed by atoms with Crippen LogP contribution in [0.4, 0.5) is 0 Å². The second-order valence-corrected chi connectivity index (χ2v) is 6.64. The number of carbonyl (C=O) groups excluding carboxylic acids is 2. The summed E-state index contributed by atoms with van der Waals surface area (Å²) in [6.07, 6.45) is -0.622. The van der Waals surface area contributed by atoms with Gasteiger partial charge < -0.3 is 15.4 Å². The van der Waals surface area contributed by atoms with Crippen LogP contribution in [0.1, 0.15) is 22.8 Å². The number of amides is 2. The van der Waals surface area contributed by atoms with Gasteiger partial charge in [-0.3, -0.25) is 9.59 Å². The Morgan fingerprint density at radius 1 is 0.862 bits per heavy atom. The molecule has 0 spiro atoms. The average molecular weight is 388 g/mol. The van der Waals surface area contributed by atoms with Gasteiger partial charge in [0.1, 0.15) is 5.75 Å². The average Bonchev–Trinajstić information content (AvgIpc) is 2.78. The van der Waals surface area contributed by atoms with E-state index in [1.165, 1.54) is 0 Å². The van der Waals surface area contributed by atoms with Gasteiger partial charge in [-0.2, -0.15) is 0 Å². The molecule has 0 aliphatic carbocycles. The third kappa shape index (κ3) is 5.45. The van der Waals surface area contributed by atoms with Crippen LogP contribution in [0.3, 0.4) is 0 Å². The second-order valence-electron chi connectivity index (χ2n) is 6.64. The molecule has 29 heavy (non-hydrogen) atoms. The predicted molar refractivity (Wildman–Crippen MR) is 114 cm³/mol. The van der Waals surface area contributed by atoms with E-state index in [-0.39, 0.29) is 11.8 Å². The minimum atomic E-state index is -0.622. The van der Waals surface area contributed by atoms with Gasteiger partial charge in [-0.25, -0.2) is 0 Å². The van der Waals surface area contributed by atoms with Crippen LogP contribution >= 0.6 is 0 Å². The molecule has 0 bridgehead atoms. The van der Waals surface area contributed by atoms with E-state index in [0.717, 1.165) is 16.7 Å². The van der Waals surface area contributed by atoms with E-state index in [0.29, 0.717) is 17.9 Å². The number of rotatable bonds is 7. The Balaban J connectivity index is 1.52. The first-order valence-corrected chi connectivity index (χ1v) is 9.47. The number of carbonyl (C=O) groups is 2. The van der Waals surface area contributed by atoms with Crippen molar-refractivity contribution in [3.8, 4) is 16.9 Å². The summed E-state index contributed by atoms with van der Waals surface area (Å²) in [6, 6.07) is 24.9. The normalized spacial score (nSPS) is 11.4. The van der Waals surface area contributed by atoms with Crippen LogP contribution in [0.2, 0.25) is 0 Å². The number of ether oxygens (including phenoxy) is 1. The molecule has 148 valence electrons. The molecule has 0 aliphatic rings. The zero-order valence-corrected chi connectivity index (χ0v) is 16.5. The number of hydrogen-bond acceptors (Lipinski definition) is 3. The summed E-state index contributed by atoms with van der Waals surface area (Å²) in [4.78, 5) is 23.9. The van der Waals surface area contributed by atoms with E-state index in [1.807, 2.05) is 66.7 Å². The highest BCUT2D eigenvalue weighted by molar-refractivity contribution is 5.93. The van der Waals surface area contributed by atoms with Gasteiger partial charge >= 0.3 is 0 Å². The lowest BCUT2D eigenvalue weighted by Crippen LogP contribution is -2.35. The lowest BCUT2D eigenvalue weighted by atomic mass is 10.1. The molecule has 2 N–H and O–H groups in total. The summed E-state index contributed by atoms with van der Waals surface area (Å²) in [5.41, 5.74) is 3.71. The standard InChI is InChI=1S/C24H24N2O3/c1-17(23(27)26-16-18-8-10-21(11-9-18)24(28)25-2)29-22-14-12-20(13-15-22)19-6-4-3-5-7-19/h3-15,17H,16H2,1-2H3,(H,25,28)(H,26,27). The zero-order chi connectivity index (χ0) is 20.6. The molecule has 0 fully saturated rings. The van der Waals surface area contributed by atoms with Gasteiger partial charge in [-0.05, 0) is 47.9 Å². The molecule has 0 heterocycles.